The number of carbonyl (C=O) groups excluding carboxylic acids is 1. The van der Waals surface area contributed by atoms with Gasteiger partial charge in [-0.25, -0.2) is 9.69 Å². The average Bonchev–Trinajstić information content (AvgIpc) is 3.57. The highest BCUT2D eigenvalue weighted by Gasteiger charge is 2.39. The van der Waals surface area contributed by atoms with Crippen molar-refractivity contribution in [3.05, 3.63) is 63.8 Å². The zero-order chi connectivity index (χ0) is 24.8. The summed E-state index contributed by atoms with van der Waals surface area (Å²) in [6.07, 6.45) is 6.46. The van der Waals surface area contributed by atoms with Crippen molar-refractivity contribution in [2.45, 2.75) is 44.4 Å². The number of amides is 1. The topological polar surface area (TPSA) is 59.4 Å². The van der Waals surface area contributed by atoms with Crippen LogP contribution in [0, 0.1) is 11.8 Å². The van der Waals surface area contributed by atoms with Crippen molar-refractivity contribution in [3.8, 4) is 22.7 Å². The van der Waals surface area contributed by atoms with E-state index in [1.807, 2.05) is 41.1 Å². The fourth-order valence-corrected chi connectivity index (χ4v) is 6.79. The summed E-state index contributed by atoms with van der Waals surface area (Å²) in [4.78, 5) is 13.6. The molecule has 8 heteroatoms. The minimum atomic E-state index is -0.293. The minimum absolute atomic E-state index is 0.0454. The van der Waals surface area contributed by atoms with Crippen LogP contribution in [-0.2, 0) is 11.2 Å². The van der Waals surface area contributed by atoms with Gasteiger partial charge in [0.15, 0.2) is 0 Å². The van der Waals surface area contributed by atoms with Crippen molar-refractivity contribution in [2.75, 3.05) is 20.2 Å². The van der Waals surface area contributed by atoms with Gasteiger partial charge >= 0.3 is 0 Å². The molecule has 0 bridgehead atoms. The first kappa shape index (κ1) is 23.8. The van der Waals surface area contributed by atoms with Crippen LogP contribution in [0.3, 0.4) is 0 Å². The zero-order valence-corrected chi connectivity index (χ0v) is 21.9. The van der Waals surface area contributed by atoms with E-state index in [4.69, 9.17) is 33.0 Å². The van der Waals surface area contributed by atoms with Crippen molar-refractivity contribution in [2.24, 2.45) is 11.8 Å². The van der Waals surface area contributed by atoms with E-state index in [9.17, 15) is 4.79 Å². The molecule has 3 aliphatic rings. The van der Waals surface area contributed by atoms with Gasteiger partial charge in [-0.2, -0.15) is 5.10 Å². The molecule has 36 heavy (non-hydrogen) atoms. The predicted molar refractivity (Wildman–Crippen MR) is 142 cm³/mol. The highest BCUT2D eigenvalue weighted by atomic mass is 35.5. The molecule has 2 heterocycles. The van der Waals surface area contributed by atoms with Gasteiger partial charge in [0.05, 0.1) is 35.1 Å². The third kappa shape index (κ3) is 4.29. The second-order valence-corrected chi connectivity index (χ2v) is 11.1. The van der Waals surface area contributed by atoms with Crippen LogP contribution < -0.4 is 10.2 Å². The Kier molecular flexibility index (Phi) is 6.44. The molecule has 2 aliphatic carbocycles. The van der Waals surface area contributed by atoms with E-state index in [1.165, 1.54) is 19.3 Å². The van der Waals surface area contributed by atoms with Crippen LogP contribution in [0.25, 0.3) is 16.9 Å². The molecule has 1 aromatic heterocycles. The number of rotatable bonds is 5. The molecule has 1 N–H and O–H groups in total. The summed E-state index contributed by atoms with van der Waals surface area (Å²) in [7, 11) is 1.66. The first-order valence-corrected chi connectivity index (χ1v) is 13.5. The smallest absolute Gasteiger partial charge is 0.243 e. The number of aromatic nitrogens is 2. The molecular weight excluding hydrogens is 495 g/mol. The first-order valence-electron chi connectivity index (χ1n) is 12.8. The van der Waals surface area contributed by atoms with Crippen molar-refractivity contribution in [1.29, 1.82) is 0 Å². The number of hydrogen-bond donors (Lipinski definition) is 1. The standard InChI is InChI=1S/C28H30Cl2N4O2/c1-36-21-11-8-17(9-12-21)27-22-6-3-7-23(28(35)32-33-15-18-4-2-5-19(18)16-33)26(22)31-34(27)25-13-10-20(29)14-24(25)30/h8-14,18-19,23H,2-7,15-16H2,1H3,(H,32,35). The first-order chi connectivity index (χ1) is 17.5. The average molecular weight is 525 g/mol. The Balaban J connectivity index is 1.38. The molecule has 1 amide bonds. The predicted octanol–water partition coefficient (Wildman–Crippen LogP) is 6.04. The number of ether oxygens (including phenoxy) is 1. The Bertz CT molecular complexity index is 1280. The van der Waals surface area contributed by atoms with Gasteiger partial charge in [0.1, 0.15) is 5.75 Å². The van der Waals surface area contributed by atoms with Crippen molar-refractivity contribution in [1.82, 2.24) is 20.2 Å². The van der Waals surface area contributed by atoms with Gasteiger partial charge in [-0.15, -0.1) is 0 Å². The van der Waals surface area contributed by atoms with E-state index in [0.717, 1.165) is 78.1 Å². The van der Waals surface area contributed by atoms with E-state index < -0.39 is 0 Å². The quantitative estimate of drug-likeness (QED) is 0.442. The summed E-state index contributed by atoms with van der Waals surface area (Å²) in [5.41, 5.74) is 7.91. The maximum atomic E-state index is 13.6. The Morgan fingerprint density at radius 1 is 1.03 bits per heavy atom. The summed E-state index contributed by atoms with van der Waals surface area (Å²) >= 11 is 12.8. The third-order valence-corrected chi connectivity index (χ3v) is 8.61. The van der Waals surface area contributed by atoms with Gasteiger partial charge in [0, 0.05) is 29.2 Å². The van der Waals surface area contributed by atoms with Crippen molar-refractivity contribution in [3.63, 3.8) is 0 Å². The summed E-state index contributed by atoms with van der Waals surface area (Å²) in [6, 6.07) is 13.4. The monoisotopic (exact) mass is 524 g/mol. The van der Waals surface area contributed by atoms with Crippen LogP contribution in [0.15, 0.2) is 42.5 Å². The van der Waals surface area contributed by atoms with E-state index in [2.05, 4.69) is 10.4 Å². The van der Waals surface area contributed by atoms with Crippen molar-refractivity contribution < 1.29 is 9.53 Å². The molecule has 3 aromatic rings. The highest BCUT2D eigenvalue weighted by molar-refractivity contribution is 6.35. The van der Waals surface area contributed by atoms with Crippen molar-refractivity contribution >= 4 is 29.1 Å². The zero-order valence-electron chi connectivity index (χ0n) is 20.3. The molecule has 2 fully saturated rings. The van der Waals surface area contributed by atoms with Gasteiger partial charge in [-0.1, -0.05) is 29.6 Å². The molecule has 3 unspecified atom stereocenters. The highest BCUT2D eigenvalue weighted by Crippen LogP contribution is 2.41. The second-order valence-electron chi connectivity index (χ2n) is 10.2. The molecule has 0 spiro atoms. The minimum Gasteiger partial charge on any atom is -0.497 e. The number of hydrazine groups is 1. The van der Waals surface area contributed by atoms with Crippen LogP contribution in [0.1, 0.15) is 49.3 Å². The SMILES string of the molecule is COc1ccc(-c2c3c(nn2-c2ccc(Cl)cc2Cl)C(C(=O)NN2CC4CCCC4C2)CCC3)cc1. The van der Waals surface area contributed by atoms with Crippen LogP contribution in [0.2, 0.25) is 10.0 Å². The molecule has 2 aromatic carbocycles. The van der Waals surface area contributed by atoms with E-state index in [0.29, 0.717) is 10.0 Å². The molecule has 6 nitrogen and oxygen atoms in total. The van der Waals surface area contributed by atoms with E-state index >= 15 is 0 Å². The van der Waals surface area contributed by atoms with Gasteiger partial charge in [-0.05, 0) is 86.4 Å². The Morgan fingerprint density at radius 3 is 2.47 bits per heavy atom. The molecule has 1 saturated carbocycles. The third-order valence-electron chi connectivity index (χ3n) is 8.08. The Hall–Kier alpha value is -2.54. The van der Waals surface area contributed by atoms with Crippen LogP contribution in [0.5, 0.6) is 5.75 Å². The summed E-state index contributed by atoms with van der Waals surface area (Å²) in [6.45, 7) is 1.92. The number of halogens is 2. The molecule has 6 rings (SSSR count). The lowest BCUT2D eigenvalue weighted by atomic mass is 9.85. The number of nitrogens with one attached hydrogen (secondary N) is 1. The molecule has 1 aliphatic heterocycles. The normalized spacial score (nSPS) is 23.4. The lowest BCUT2D eigenvalue weighted by molar-refractivity contribution is -0.127. The van der Waals surface area contributed by atoms with Crippen LogP contribution in [-0.4, -0.2) is 40.9 Å². The lowest BCUT2D eigenvalue weighted by Crippen LogP contribution is -2.44. The fourth-order valence-electron chi connectivity index (χ4n) is 6.30. The number of carbonyl (C=O) groups is 1. The summed E-state index contributed by atoms with van der Waals surface area (Å²) < 4.78 is 7.26. The van der Waals surface area contributed by atoms with Gasteiger partial charge in [-0.3, -0.25) is 10.2 Å². The number of nitrogens with zero attached hydrogens (tertiary/aromatic N) is 3. The molecule has 188 valence electrons. The maximum absolute atomic E-state index is 13.6. The molecular formula is C28H30Cl2N4O2. The summed E-state index contributed by atoms with van der Waals surface area (Å²) in [5.74, 6) is 1.98. The molecule has 3 atom stereocenters. The number of fused-ring (bicyclic) bond motifs is 2. The van der Waals surface area contributed by atoms with Gasteiger partial charge in [0.2, 0.25) is 5.91 Å². The lowest BCUT2D eigenvalue weighted by Gasteiger charge is -2.25. The van der Waals surface area contributed by atoms with Gasteiger partial charge in [0.25, 0.3) is 0 Å². The summed E-state index contributed by atoms with van der Waals surface area (Å²) in [5, 5.41) is 8.27. The maximum Gasteiger partial charge on any atom is 0.243 e. The largest absolute Gasteiger partial charge is 0.497 e. The van der Waals surface area contributed by atoms with E-state index in [1.54, 1.807) is 13.2 Å². The van der Waals surface area contributed by atoms with Crippen LogP contribution >= 0.6 is 23.2 Å². The Morgan fingerprint density at radius 2 is 1.78 bits per heavy atom. The Labute approximate surface area is 221 Å². The van der Waals surface area contributed by atoms with Gasteiger partial charge < -0.3 is 4.74 Å². The second kappa shape index (κ2) is 9.73. The number of methoxy groups -OCH3 is 1. The van der Waals surface area contributed by atoms with E-state index in [-0.39, 0.29) is 11.8 Å². The molecule has 1 saturated heterocycles. The number of hydrogen-bond acceptors (Lipinski definition) is 4. The van der Waals surface area contributed by atoms with Crippen LogP contribution in [0.4, 0.5) is 0 Å². The molecule has 0 radical (unpaired) electrons. The fraction of sp³-hybridized carbons (Fsp3) is 0.429. The number of benzene rings is 2.